The van der Waals surface area contributed by atoms with Crippen molar-refractivity contribution in [2.24, 2.45) is 0 Å². The molecule has 0 spiro atoms. The summed E-state index contributed by atoms with van der Waals surface area (Å²) in [6, 6.07) is 23.6. The first-order chi connectivity index (χ1) is 17.2. The molecule has 1 amide bonds. The molecule has 2 heterocycles. The van der Waals surface area contributed by atoms with E-state index in [0.29, 0.717) is 5.56 Å². The second kappa shape index (κ2) is 12.3. The molecule has 6 nitrogen and oxygen atoms in total. The summed E-state index contributed by atoms with van der Waals surface area (Å²) in [7, 11) is 3.75. The number of benzene rings is 3. The molecule has 2 N–H and O–H groups in total. The molecule has 0 radical (unpaired) electrons. The van der Waals surface area contributed by atoms with E-state index < -0.39 is 0 Å². The molecule has 5 rings (SSSR count). The SMILES string of the molecule is CNC.O=C(Nc1ccc(N2CCCC2)cc1)c1ccc(Oc2ccccc2)c(N2CCCC2)c1. The van der Waals surface area contributed by atoms with Gasteiger partial charge in [0.15, 0.2) is 5.75 Å². The Kier molecular flexibility index (Phi) is 8.63. The van der Waals surface area contributed by atoms with E-state index in [0.717, 1.165) is 61.9 Å². The van der Waals surface area contributed by atoms with E-state index in [-0.39, 0.29) is 5.91 Å². The van der Waals surface area contributed by atoms with Crippen LogP contribution in [0.3, 0.4) is 0 Å². The van der Waals surface area contributed by atoms with Gasteiger partial charge in [-0.3, -0.25) is 4.79 Å². The molecule has 0 unspecified atom stereocenters. The van der Waals surface area contributed by atoms with Crippen LogP contribution in [0.25, 0.3) is 0 Å². The maximum Gasteiger partial charge on any atom is 0.255 e. The lowest BCUT2D eigenvalue weighted by atomic mass is 10.1. The highest BCUT2D eigenvalue weighted by atomic mass is 16.5. The topological polar surface area (TPSA) is 56.8 Å². The third-order valence-electron chi connectivity index (χ3n) is 6.24. The van der Waals surface area contributed by atoms with Crippen molar-refractivity contribution in [1.82, 2.24) is 5.32 Å². The van der Waals surface area contributed by atoms with Crippen molar-refractivity contribution in [2.75, 3.05) is 55.4 Å². The molecule has 0 atom stereocenters. The van der Waals surface area contributed by atoms with Crippen molar-refractivity contribution < 1.29 is 9.53 Å². The Hall–Kier alpha value is -3.51. The first-order valence-electron chi connectivity index (χ1n) is 12.5. The average molecular weight is 473 g/mol. The molecular weight excluding hydrogens is 436 g/mol. The van der Waals surface area contributed by atoms with Crippen LogP contribution < -0.4 is 25.2 Å². The van der Waals surface area contributed by atoms with Crippen LogP contribution >= 0.6 is 0 Å². The Morgan fingerprint density at radius 2 is 1.37 bits per heavy atom. The second-order valence-electron chi connectivity index (χ2n) is 8.99. The summed E-state index contributed by atoms with van der Waals surface area (Å²) in [5.74, 6) is 1.47. The number of hydrogen-bond donors (Lipinski definition) is 2. The van der Waals surface area contributed by atoms with Crippen LogP contribution in [0.1, 0.15) is 36.0 Å². The Morgan fingerprint density at radius 1 is 0.771 bits per heavy atom. The zero-order chi connectivity index (χ0) is 24.5. The number of anilines is 3. The van der Waals surface area contributed by atoms with Crippen molar-refractivity contribution in [3.63, 3.8) is 0 Å². The van der Waals surface area contributed by atoms with Gasteiger partial charge >= 0.3 is 0 Å². The largest absolute Gasteiger partial charge is 0.455 e. The van der Waals surface area contributed by atoms with Crippen LogP contribution in [0.2, 0.25) is 0 Å². The van der Waals surface area contributed by atoms with Crippen LogP contribution in [0, 0.1) is 0 Å². The maximum atomic E-state index is 13.0. The normalized spacial score (nSPS) is 14.9. The highest BCUT2D eigenvalue weighted by Crippen LogP contribution is 2.35. The second-order valence-corrected chi connectivity index (χ2v) is 8.99. The summed E-state index contributed by atoms with van der Waals surface area (Å²) in [5, 5.41) is 5.80. The van der Waals surface area contributed by atoms with E-state index in [1.807, 2.05) is 74.8 Å². The maximum absolute atomic E-state index is 13.0. The number of hydrogen-bond acceptors (Lipinski definition) is 5. The van der Waals surface area contributed by atoms with Gasteiger partial charge in [-0.1, -0.05) is 18.2 Å². The van der Waals surface area contributed by atoms with Gasteiger partial charge in [-0.15, -0.1) is 0 Å². The van der Waals surface area contributed by atoms with E-state index in [4.69, 9.17) is 4.74 Å². The summed E-state index contributed by atoms with van der Waals surface area (Å²) < 4.78 is 6.16. The van der Waals surface area contributed by atoms with Gasteiger partial charge in [0, 0.05) is 43.1 Å². The quantitative estimate of drug-likeness (QED) is 0.477. The Labute approximate surface area is 208 Å². The standard InChI is InChI=1S/C27H29N3O2.C2H7N/c31-27(28-22-11-13-23(14-12-22)29-16-4-5-17-29)21-10-15-26(32-24-8-2-1-3-9-24)25(20-21)30-18-6-7-19-30;1-3-2/h1-3,8-15,20H,4-7,16-19H2,(H,28,31);3H,1-2H3. The number of para-hydroxylation sites is 1. The smallest absolute Gasteiger partial charge is 0.255 e. The minimum atomic E-state index is -0.106. The monoisotopic (exact) mass is 472 g/mol. The fourth-order valence-electron chi connectivity index (χ4n) is 4.50. The van der Waals surface area contributed by atoms with E-state index in [2.05, 4.69) is 32.6 Å². The van der Waals surface area contributed by atoms with Gasteiger partial charge in [0.1, 0.15) is 5.75 Å². The summed E-state index contributed by atoms with van der Waals surface area (Å²) >= 11 is 0. The number of rotatable bonds is 6. The van der Waals surface area contributed by atoms with Crippen LogP contribution in [0.5, 0.6) is 11.5 Å². The highest BCUT2D eigenvalue weighted by molar-refractivity contribution is 6.05. The molecule has 3 aromatic carbocycles. The first kappa shape index (κ1) is 24.6. The summed E-state index contributed by atoms with van der Waals surface area (Å²) in [6.07, 6.45) is 4.82. The molecule has 35 heavy (non-hydrogen) atoms. The summed E-state index contributed by atoms with van der Waals surface area (Å²) in [4.78, 5) is 17.7. The molecule has 2 aliphatic heterocycles. The Morgan fingerprint density at radius 3 is 2.00 bits per heavy atom. The average Bonchev–Trinajstić information content (AvgIpc) is 3.61. The number of nitrogens with one attached hydrogen (secondary N) is 2. The van der Waals surface area contributed by atoms with Crippen LogP contribution in [0.15, 0.2) is 72.8 Å². The summed E-state index contributed by atoms with van der Waals surface area (Å²) in [5.41, 5.74) is 3.64. The highest BCUT2D eigenvalue weighted by Gasteiger charge is 2.20. The van der Waals surface area contributed by atoms with E-state index >= 15 is 0 Å². The lowest BCUT2D eigenvalue weighted by molar-refractivity contribution is 0.102. The lowest BCUT2D eigenvalue weighted by Gasteiger charge is -2.22. The number of amides is 1. The molecule has 0 saturated carbocycles. The zero-order valence-corrected chi connectivity index (χ0v) is 20.8. The molecular formula is C29H36N4O2. The number of ether oxygens (including phenoxy) is 1. The van der Waals surface area contributed by atoms with E-state index in [9.17, 15) is 4.79 Å². The molecule has 0 aromatic heterocycles. The molecule has 0 bridgehead atoms. The van der Waals surface area contributed by atoms with Crippen molar-refractivity contribution in [1.29, 1.82) is 0 Å². The van der Waals surface area contributed by atoms with Crippen molar-refractivity contribution >= 4 is 23.0 Å². The minimum Gasteiger partial charge on any atom is -0.455 e. The van der Waals surface area contributed by atoms with Crippen LogP contribution in [0.4, 0.5) is 17.1 Å². The molecule has 6 heteroatoms. The fourth-order valence-corrected chi connectivity index (χ4v) is 4.50. The van der Waals surface area contributed by atoms with Gasteiger partial charge in [0.25, 0.3) is 5.91 Å². The minimum absolute atomic E-state index is 0.106. The van der Waals surface area contributed by atoms with Crippen molar-refractivity contribution in [2.45, 2.75) is 25.7 Å². The van der Waals surface area contributed by atoms with Gasteiger partial charge in [0.05, 0.1) is 5.69 Å². The molecule has 2 fully saturated rings. The fraction of sp³-hybridized carbons (Fsp3) is 0.345. The predicted octanol–water partition coefficient (Wildman–Crippen LogP) is 5.77. The van der Waals surface area contributed by atoms with Gasteiger partial charge in [-0.2, -0.15) is 0 Å². The molecule has 2 saturated heterocycles. The Bertz CT molecular complexity index is 1070. The van der Waals surface area contributed by atoms with Crippen LogP contribution in [-0.2, 0) is 0 Å². The summed E-state index contributed by atoms with van der Waals surface area (Å²) in [6.45, 7) is 4.19. The van der Waals surface area contributed by atoms with E-state index in [1.165, 1.54) is 18.5 Å². The first-order valence-corrected chi connectivity index (χ1v) is 12.5. The Balaban J connectivity index is 0.000000917. The van der Waals surface area contributed by atoms with Gasteiger partial charge in [-0.25, -0.2) is 0 Å². The molecule has 2 aliphatic rings. The molecule has 0 aliphatic carbocycles. The van der Waals surface area contributed by atoms with Gasteiger partial charge < -0.3 is 25.2 Å². The predicted molar refractivity (Wildman–Crippen MR) is 145 cm³/mol. The molecule has 184 valence electrons. The number of nitrogens with zero attached hydrogens (tertiary/aromatic N) is 2. The third kappa shape index (κ3) is 6.55. The third-order valence-corrected chi connectivity index (χ3v) is 6.24. The number of carbonyl (C=O) groups excluding carboxylic acids is 1. The number of carbonyl (C=O) groups is 1. The van der Waals surface area contributed by atoms with Crippen molar-refractivity contribution in [3.8, 4) is 11.5 Å². The van der Waals surface area contributed by atoms with Gasteiger partial charge in [-0.05, 0) is 94.4 Å². The van der Waals surface area contributed by atoms with Crippen LogP contribution in [-0.4, -0.2) is 46.2 Å². The van der Waals surface area contributed by atoms with Gasteiger partial charge in [0.2, 0.25) is 0 Å². The zero-order valence-electron chi connectivity index (χ0n) is 20.8. The van der Waals surface area contributed by atoms with Crippen molar-refractivity contribution in [3.05, 3.63) is 78.4 Å². The van der Waals surface area contributed by atoms with E-state index in [1.54, 1.807) is 0 Å². The molecule has 3 aromatic rings. The lowest BCUT2D eigenvalue weighted by Crippen LogP contribution is -2.20.